The van der Waals surface area contributed by atoms with Crippen LogP contribution in [0.15, 0.2) is 212 Å². The Morgan fingerprint density at radius 2 is 0.857 bits per heavy atom. The van der Waals surface area contributed by atoms with Crippen LogP contribution in [-0.2, 0) is 0 Å². The number of benzene rings is 9. The van der Waals surface area contributed by atoms with E-state index < -0.39 is 0 Å². The largest absolute Gasteiger partial charge is 0.307 e. The summed E-state index contributed by atoms with van der Waals surface area (Å²) in [6.45, 7) is 0. The van der Waals surface area contributed by atoms with Gasteiger partial charge in [0.1, 0.15) is 0 Å². The summed E-state index contributed by atoms with van der Waals surface area (Å²) < 4.78 is 7.44. The molecule has 0 saturated carbocycles. The van der Waals surface area contributed by atoms with Crippen LogP contribution in [0.25, 0.3) is 120 Å². The lowest BCUT2D eigenvalue weighted by molar-refractivity contribution is 1.07. The molecule has 0 aliphatic carbocycles. The van der Waals surface area contributed by atoms with E-state index >= 15 is 0 Å². The molecule has 0 aliphatic rings. The Balaban J connectivity index is 1.07. The maximum Gasteiger partial charge on any atom is 0.164 e. The minimum Gasteiger partial charge on any atom is -0.307 e. The number of hydrogen-bond acceptors (Lipinski definition) is 4. The number of rotatable bonds is 6. The lowest BCUT2D eigenvalue weighted by atomic mass is 10.0. The Morgan fingerprint density at radius 1 is 0.317 bits per heavy atom. The second kappa shape index (κ2) is 14.2. The molecule has 9 aromatic carbocycles. The van der Waals surface area contributed by atoms with Gasteiger partial charge >= 0.3 is 0 Å². The average molecular weight is 822 g/mol. The van der Waals surface area contributed by atoms with Crippen molar-refractivity contribution < 1.29 is 0 Å². The molecule has 0 saturated heterocycles. The first-order chi connectivity index (χ1) is 31.2. The van der Waals surface area contributed by atoms with Crippen LogP contribution >= 0.6 is 11.3 Å². The Labute approximate surface area is 366 Å². The third-order valence-corrected chi connectivity index (χ3v) is 13.6. The molecule has 63 heavy (non-hydrogen) atoms. The van der Waals surface area contributed by atoms with Gasteiger partial charge in [0.2, 0.25) is 0 Å². The first-order valence-corrected chi connectivity index (χ1v) is 22.0. The zero-order valence-corrected chi connectivity index (χ0v) is 34.7. The van der Waals surface area contributed by atoms with Gasteiger partial charge in [-0.25, -0.2) is 15.0 Å². The highest BCUT2D eigenvalue weighted by molar-refractivity contribution is 7.26. The molecule has 13 aromatic rings. The molecule has 0 spiro atoms. The van der Waals surface area contributed by atoms with E-state index in [1.807, 2.05) is 47.7 Å². The quantitative estimate of drug-likeness (QED) is 0.168. The van der Waals surface area contributed by atoms with E-state index in [1.165, 1.54) is 74.9 Å². The Kier molecular flexibility index (Phi) is 8.01. The molecular weight excluding hydrogens is 787 g/mol. The maximum absolute atomic E-state index is 5.08. The van der Waals surface area contributed by atoms with E-state index in [1.54, 1.807) is 0 Å². The first kappa shape index (κ1) is 35.6. The number of aromatic nitrogens is 5. The molecule has 0 bridgehead atoms. The van der Waals surface area contributed by atoms with Gasteiger partial charge in [-0.3, -0.25) is 0 Å². The SMILES string of the molecule is c1ccc(-c2ccc3c4ccccc4n(-c4cccc5c6ccc7c8cc(-c9nc(-c%10ccccc%10)nc(-c%10ccccc%10)n9)ccc8sc7c6n(-c6ccccc6)c45)c3c2)cc1. The van der Waals surface area contributed by atoms with Gasteiger partial charge in [-0.15, -0.1) is 11.3 Å². The molecule has 0 unspecified atom stereocenters. The summed E-state index contributed by atoms with van der Waals surface area (Å²) in [5, 5.41) is 7.28. The molecule has 13 rings (SSSR count). The Bertz CT molecular complexity index is 3830. The van der Waals surface area contributed by atoms with Crippen molar-refractivity contribution in [3.05, 3.63) is 212 Å². The van der Waals surface area contributed by atoms with Crippen LogP contribution in [0, 0.1) is 0 Å². The van der Waals surface area contributed by atoms with Gasteiger partial charge in [0.25, 0.3) is 0 Å². The van der Waals surface area contributed by atoms with E-state index in [0.29, 0.717) is 17.5 Å². The van der Waals surface area contributed by atoms with Gasteiger partial charge in [-0.1, -0.05) is 164 Å². The normalized spacial score (nSPS) is 11.8. The fourth-order valence-electron chi connectivity index (χ4n) is 9.49. The molecule has 294 valence electrons. The van der Waals surface area contributed by atoms with Crippen molar-refractivity contribution in [2.75, 3.05) is 0 Å². The highest BCUT2D eigenvalue weighted by Gasteiger charge is 2.23. The van der Waals surface area contributed by atoms with Crippen molar-refractivity contribution in [3.63, 3.8) is 0 Å². The molecule has 0 aliphatic heterocycles. The molecule has 4 aromatic heterocycles. The second-order valence-electron chi connectivity index (χ2n) is 16.0. The topological polar surface area (TPSA) is 48.5 Å². The van der Waals surface area contributed by atoms with Crippen LogP contribution in [0.4, 0.5) is 0 Å². The smallest absolute Gasteiger partial charge is 0.164 e. The molecule has 0 N–H and O–H groups in total. The molecule has 0 radical (unpaired) electrons. The van der Waals surface area contributed by atoms with Gasteiger partial charge in [0.05, 0.1) is 32.5 Å². The summed E-state index contributed by atoms with van der Waals surface area (Å²) in [5.74, 6) is 1.95. The zero-order valence-electron chi connectivity index (χ0n) is 33.9. The maximum atomic E-state index is 5.08. The van der Waals surface area contributed by atoms with Crippen LogP contribution in [0.1, 0.15) is 0 Å². The van der Waals surface area contributed by atoms with Crippen LogP contribution < -0.4 is 0 Å². The lowest BCUT2D eigenvalue weighted by Crippen LogP contribution is -2.00. The highest BCUT2D eigenvalue weighted by atomic mass is 32.1. The van der Waals surface area contributed by atoms with Crippen LogP contribution in [0.5, 0.6) is 0 Å². The van der Waals surface area contributed by atoms with Crippen molar-refractivity contribution in [2.45, 2.75) is 0 Å². The summed E-state index contributed by atoms with van der Waals surface area (Å²) in [6.07, 6.45) is 0. The molecular formula is C57H35N5S. The lowest BCUT2D eigenvalue weighted by Gasteiger charge is -2.15. The summed E-state index contributed by atoms with van der Waals surface area (Å²) in [5.41, 5.74) is 12.2. The fourth-order valence-corrected chi connectivity index (χ4v) is 10.7. The van der Waals surface area contributed by atoms with Crippen molar-refractivity contribution in [1.82, 2.24) is 24.1 Å². The highest BCUT2D eigenvalue weighted by Crippen LogP contribution is 2.46. The number of fused-ring (bicyclic) bond motifs is 10. The van der Waals surface area contributed by atoms with Crippen molar-refractivity contribution in [3.8, 4) is 56.7 Å². The number of nitrogens with zero attached hydrogens (tertiary/aromatic N) is 5. The van der Waals surface area contributed by atoms with E-state index in [2.05, 4.69) is 185 Å². The van der Waals surface area contributed by atoms with Gasteiger partial charge in [0.15, 0.2) is 17.5 Å². The van der Waals surface area contributed by atoms with Gasteiger partial charge in [-0.2, -0.15) is 0 Å². The van der Waals surface area contributed by atoms with E-state index in [9.17, 15) is 0 Å². The van der Waals surface area contributed by atoms with E-state index in [0.717, 1.165) is 28.1 Å². The van der Waals surface area contributed by atoms with Gasteiger partial charge < -0.3 is 9.13 Å². The van der Waals surface area contributed by atoms with Crippen LogP contribution in [0.3, 0.4) is 0 Å². The van der Waals surface area contributed by atoms with E-state index in [-0.39, 0.29) is 0 Å². The average Bonchev–Trinajstić information content (AvgIpc) is 4.02. The Morgan fingerprint density at radius 3 is 1.57 bits per heavy atom. The van der Waals surface area contributed by atoms with E-state index in [4.69, 9.17) is 15.0 Å². The summed E-state index contributed by atoms with van der Waals surface area (Å²) in [7, 11) is 0. The monoisotopic (exact) mass is 821 g/mol. The third kappa shape index (κ3) is 5.66. The molecule has 0 fully saturated rings. The summed E-state index contributed by atoms with van der Waals surface area (Å²) in [6, 6.07) is 75.6. The summed E-state index contributed by atoms with van der Waals surface area (Å²) in [4.78, 5) is 15.1. The van der Waals surface area contributed by atoms with Gasteiger partial charge in [0, 0.05) is 59.4 Å². The zero-order chi connectivity index (χ0) is 41.4. The van der Waals surface area contributed by atoms with Crippen LogP contribution in [-0.4, -0.2) is 24.1 Å². The van der Waals surface area contributed by atoms with Crippen molar-refractivity contribution in [1.29, 1.82) is 0 Å². The fraction of sp³-hybridized carbons (Fsp3) is 0. The first-order valence-electron chi connectivity index (χ1n) is 21.2. The predicted molar refractivity (Wildman–Crippen MR) is 263 cm³/mol. The molecule has 0 amide bonds. The molecule has 0 atom stereocenters. The third-order valence-electron chi connectivity index (χ3n) is 12.4. The second-order valence-corrected chi connectivity index (χ2v) is 17.0. The minimum atomic E-state index is 0.648. The Hall–Kier alpha value is -8.19. The number of para-hydroxylation sites is 3. The minimum absolute atomic E-state index is 0.648. The van der Waals surface area contributed by atoms with Gasteiger partial charge in [-0.05, 0) is 59.7 Å². The van der Waals surface area contributed by atoms with Crippen LogP contribution in [0.2, 0.25) is 0 Å². The predicted octanol–water partition coefficient (Wildman–Crippen LogP) is 15.1. The summed E-state index contributed by atoms with van der Waals surface area (Å²) >= 11 is 1.85. The molecule has 6 heteroatoms. The number of hydrogen-bond donors (Lipinski definition) is 0. The number of thiophene rings is 1. The molecule has 5 nitrogen and oxygen atoms in total. The van der Waals surface area contributed by atoms with Crippen molar-refractivity contribution >= 4 is 75.1 Å². The molecule has 4 heterocycles. The standard InChI is InChI=1S/C57H35N5S/c1-5-16-36(17-6-1)39-28-30-43-42-24-13-14-26-48(42)62(50(43)35-39)49-27-15-25-44-45-31-32-46-47-34-40(29-33-51(47)63-54(46)53(45)61(52(44)49)41-22-11-4-12-23-41)57-59-55(37-18-7-2-8-19-37)58-56(60-57)38-20-9-3-10-21-38/h1-35H. The van der Waals surface area contributed by atoms with Crippen molar-refractivity contribution in [2.24, 2.45) is 0 Å².